The van der Waals surface area contributed by atoms with Gasteiger partial charge >= 0.3 is 0 Å². The minimum Gasteiger partial charge on any atom is -0.353 e. The average molecular weight is 385 g/mol. The highest BCUT2D eigenvalue weighted by molar-refractivity contribution is 7.98. The molecule has 140 valence electrons. The van der Waals surface area contributed by atoms with Crippen LogP contribution in [0.5, 0.6) is 0 Å². The van der Waals surface area contributed by atoms with Gasteiger partial charge in [0.1, 0.15) is 18.2 Å². The Morgan fingerprint density at radius 3 is 2.67 bits per heavy atom. The lowest BCUT2D eigenvalue weighted by Crippen LogP contribution is -2.35. The molecule has 0 fully saturated rings. The number of tetrazole rings is 1. The lowest BCUT2D eigenvalue weighted by atomic mass is 10.1. The molecule has 0 bridgehead atoms. The minimum atomic E-state index is -0.515. The Morgan fingerprint density at radius 2 is 1.93 bits per heavy atom. The Balaban J connectivity index is 1.50. The van der Waals surface area contributed by atoms with Crippen LogP contribution >= 0.6 is 11.8 Å². The van der Waals surface area contributed by atoms with Crippen LogP contribution in [0, 0.1) is 5.82 Å². The second-order valence-electron chi connectivity index (χ2n) is 5.93. The van der Waals surface area contributed by atoms with Gasteiger partial charge in [-0.05, 0) is 27.6 Å². The van der Waals surface area contributed by atoms with Crippen molar-refractivity contribution in [1.29, 1.82) is 0 Å². The molecule has 1 heterocycles. The molecule has 0 aliphatic heterocycles. The topological polar surface area (TPSA) is 72.7 Å². The Morgan fingerprint density at radius 1 is 1.15 bits per heavy atom. The van der Waals surface area contributed by atoms with E-state index in [0.29, 0.717) is 30.0 Å². The summed E-state index contributed by atoms with van der Waals surface area (Å²) >= 11 is 1.57. The van der Waals surface area contributed by atoms with Gasteiger partial charge < -0.3 is 5.32 Å². The van der Waals surface area contributed by atoms with Crippen molar-refractivity contribution in [3.63, 3.8) is 0 Å². The second-order valence-corrected chi connectivity index (χ2v) is 7.04. The van der Waals surface area contributed by atoms with Crippen LogP contribution < -0.4 is 5.32 Å². The van der Waals surface area contributed by atoms with Crippen molar-refractivity contribution >= 4 is 17.7 Å². The summed E-state index contributed by atoms with van der Waals surface area (Å²) in [6.07, 6.45) is 1.94. The van der Waals surface area contributed by atoms with Crippen LogP contribution in [0.4, 0.5) is 4.39 Å². The van der Waals surface area contributed by atoms with Gasteiger partial charge in [-0.15, -0.1) is 5.10 Å². The molecule has 3 aromatic rings. The third-order valence-electron chi connectivity index (χ3n) is 4.02. The Hall–Kier alpha value is -2.74. The molecule has 1 amide bonds. The number of carbonyl (C=O) groups excluding carboxylic acids is 1. The summed E-state index contributed by atoms with van der Waals surface area (Å²) in [5.74, 6) is 0.921. The summed E-state index contributed by atoms with van der Waals surface area (Å²) in [6.45, 7) is 0.491. The number of amides is 1. The first-order chi connectivity index (χ1) is 13.2. The summed E-state index contributed by atoms with van der Waals surface area (Å²) in [4.78, 5) is 12.6. The van der Waals surface area contributed by atoms with E-state index in [-0.39, 0.29) is 11.7 Å². The van der Waals surface area contributed by atoms with Gasteiger partial charge in [0.25, 0.3) is 0 Å². The number of rotatable bonds is 9. The summed E-state index contributed by atoms with van der Waals surface area (Å²) in [6, 6.07) is 15.9. The first-order valence-corrected chi connectivity index (χ1v) is 9.75. The van der Waals surface area contributed by atoms with Crippen molar-refractivity contribution in [1.82, 2.24) is 25.5 Å². The molecule has 0 aliphatic carbocycles. The van der Waals surface area contributed by atoms with Gasteiger partial charge in [0.05, 0.1) is 0 Å². The molecule has 0 radical (unpaired) electrons. The molecular weight excluding hydrogens is 365 g/mol. The fourth-order valence-corrected chi connectivity index (χ4v) is 3.46. The molecule has 0 aliphatic rings. The number of halogens is 1. The van der Waals surface area contributed by atoms with Gasteiger partial charge in [0, 0.05) is 24.5 Å². The number of nitrogens with zero attached hydrogens (tertiary/aromatic N) is 4. The summed E-state index contributed by atoms with van der Waals surface area (Å²) in [7, 11) is 0. The van der Waals surface area contributed by atoms with E-state index in [1.807, 2.05) is 36.4 Å². The van der Waals surface area contributed by atoms with Crippen molar-refractivity contribution in [2.24, 2.45) is 0 Å². The number of carbonyl (C=O) groups is 1. The van der Waals surface area contributed by atoms with Crippen LogP contribution in [-0.4, -0.2) is 38.4 Å². The molecule has 8 heteroatoms. The van der Waals surface area contributed by atoms with E-state index in [9.17, 15) is 9.18 Å². The van der Waals surface area contributed by atoms with E-state index < -0.39 is 6.04 Å². The van der Waals surface area contributed by atoms with Crippen LogP contribution in [-0.2, 0) is 17.0 Å². The zero-order chi connectivity index (χ0) is 18.9. The van der Waals surface area contributed by atoms with Crippen LogP contribution in [0.25, 0.3) is 0 Å². The van der Waals surface area contributed by atoms with Crippen molar-refractivity contribution in [2.45, 2.75) is 18.2 Å². The third-order valence-corrected chi connectivity index (χ3v) is 5.03. The molecule has 1 unspecified atom stereocenters. The van der Waals surface area contributed by atoms with E-state index in [4.69, 9.17) is 0 Å². The largest absolute Gasteiger partial charge is 0.353 e. The Bertz CT molecular complexity index is 844. The zero-order valence-corrected chi connectivity index (χ0v) is 15.5. The van der Waals surface area contributed by atoms with E-state index in [2.05, 4.69) is 20.8 Å². The van der Waals surface area contributed by atoms with E-state index in [1.165, 1.54) is 17.1 Å². The Kier molecular flexibility index (Phi) is 6.92. The normalized spacial score (nSPS) is 11.9. The number of thioether (sulfide) groups is 1. The quantitative estimate of drug-likeness (QED) is 0.573. The fourth-order valence-electron chi connectivity index (χ4n) is 2.62. The number of aromatic nitrogens is 4. The molecule has 6 nitrogen and oxygen atoms in total. The summed E-state index contributed by atoms with van der Waals surface area (Å²) in [5, 5.41) is 14.1. The van der Waals surface area contributed by atoms with E-state index in [0.717, 1.165) is 5.56 Å². The maximum absolute atomic E-state index is 13.6. The molecular formula is C19H20FN5OS. The van der Waals surface area contributed by atoms with Crippen LogP contribution in [0.15, 0.2) is 60.9 Å². The molecule has 0 spiro atoms. The monoisotopic (exact) mass is 385 g/mol. The maximum atomic E-state index is 13.6. The van der Waals surface area contributed by atoms with Gasteiger partial charge in [0.15, 0.2) is 0 Å². The van der Waals surface area contributed by atoms with E-state index >= 15 is 0 Å². The van der Waals surface area contributed by atoms with Crippen molar-refractivity contribution in [3.05, 3.63) is 77.9 Å². The maximum Gasteiger partial charge on any atom is 0.245 e. The number of benzene rings is 2. The number of nitrogens with one attached hydrogen (secondary N) is 1. The predicted octanol–water partition coefficient (Wildman–Crippen LogP) is 2.65. The Labute approximate surface area is 161 Å². The first kappa shape index (κ1) is 19.0. The second kappa shape index (κ2) is 9.82. The predicted molar refractivity (Wildman–Crippen MR) is 103 cm³/mol. The summed E-state index contributed by atoms with van der Waals surface area (Å²) in [5.41, 5.74) is 1.70. The smallest absolute Gasteiger partial charge is 0.245 e. The van der Waals surface area contributed by atoms with Gasteiger partial charge in [-0.1, -0.05) is 48.5 Å². The highest BCUT2D eigenvalue weighted by Crippen LogP contribution is 2.16. The van der Waals surface area contributed by atoms with E-state index in [1.54, 1.807) is 23.9 Å². The molecule has 1 N–H and O–H groups in total. The van der Waals surface area contributed by atoms with Crippen molar-refractivity contribution < 1.29 is 9.18 Å². The lowest BCUT2D eigenvalue weighted by molar-refractivity contribution is -0.124. The van der Waals surface area contributed by atoms with Gasteiger partial charge in [-0.3, -0.25) is 4.79 Å². The molecule has 2 aromatic carbocycles. The average Bonchev–Trinajstić information content (AvgIpc) is 3.22. The van der Waals surface area contributed by atoms with Crippen molar-refractivity contribution in [3.8, 4) is 0 Å². The van der Waals surface area contributed by atoms with Gasteiger partial charge in [-0.25, -0.2) is 9.07 Å². The minimum absolute atomic E-state index is 0.141. The lowest BCUT2D eigenvalue weighted by Gasteiger charge is -2.16. The SMILES string of the molecule is O=C(NCCSCc1ccccc1F)C(Cc1ccccc1)n1cnnn1. The highest BCUT2D eigenvalue weighted by Gasteiger charge is 2.21. The molecule has 1 atom stereocenters. The molecule has 27 heavy (non-hydrogen) atoms. The standard InChI is InChI=1S/C19H20FN5OS/c20-17-9-5-4-8-16(17)13-27-11-10-21-19(26)18(25-14-22-23-24-25)12-15-6-2-1-3-7-15/h1-9,14,18H,10-13H2,(H,21,26). The molecule has 0 saturated heterocycles. The van der Waals surface area contributed by atoms with Gasteiger partial charge in [-0.2, -0.15) is 11.8 Å². The molecule has 3 rings (SSSR count). The highest BCUT2D eigenvalue weighted by atomic mass is 32.2. The first-order valence-electron chi connectivity index (χ1n) is 8.59. The number of hydrogen-bond donors (Lipinski definition) is 1. The van der Waals surface area contributed by atoms with Gasteiger partial charge in [0.2, 0.25) is 5.91 Å². The third kappa shape index (κ3) is 5.62. The number of hydrogen-bond acceptors (Lipinski definition) is 5. The summed E-state index contributed by atoms with van der Waals surface area (Å²) < 4.78 is 15.1. The van der Waals surface area contributed by atoms with Crippen LogP contribution in [0.3, 0.4) is 0 Å². The zero-order valence-electron chi connectivity index (χ0n) is 14.7. The molecule has 0 saturated carbocycles. The van der Waals surface area contributed by atoms with Crippen LogP contribution in [0.1, 0.15) is 17.2 Å². The van der Waals surface area contributed by atoms with Crippen molar-refractivity contribution in [2.75, 3.05) is 12.3 Å². The fraction of sp³-hybridized carbons (Fsp3) is 0.263. The molecule has 1 aromatic heterocycles. The van der Waals surface area contributed by atoms with Crippen LogP contribution in [0.2, 0.25) is 0 Å².